The van der Waals surface area contributed by atoms with E-state index in [1.54, 1.807) is 24.5 Å². The fraction of sp³-hybridized carbons (Fsp3) is 0.231. The number of rotatable bonds is 10. The molecule has 9 heteroatoms. The average Bonchev–Trinajstić information content (AvgIpc) is 3.62. The number of nitrogens with zero attached hydrogens (tertiary/aromatic N) is 4. The topological polar surface area (TPSA) is 101 Å². The third kappa shape index (κ3) is 5.03. The Bertz CT molecular complexity index is 1190. The summed E-state index contributed by atoms with van der Waals surface area (Å²) in [4.78, 5) is 0. The van der Waals surface area contributed by atoms with Crippen LogP contribution in [0.1, 0.15) is 25.0 Å². The van der Waals surface area contributed by atoms with Crippen molar-refractivity contribution in [1.29, 1.82) is 0 Å². The molecule has 4 aromatic rings. The Labute approximate surface area is 204 Å². The summed E-state index contributed by atoms with van der Waals surface area (Å²) < 4.78 is 12.4. The highest BCUT2D eigenvalue weighted by Crippen LogP contribution is 2.43. The molecule has 0 atom stereocenters. The molecule has 8 nitrogen and oxygen atoms in total. The molecular weight excluding hydrogens is 439 g/mol. The maximum Gasteiger partial charge on any atom is 0.656 e. The summed E-state index contributed by atoms with van der Waals surface area (Å²) in [6, 6.07) is 24.3. The molecule has 0 saturated carbocycles. The zero-order valence-electron chi connectivity index (χ0n) is 19.8. The van der Waals surface area contributed by atoms with Gasteiger partial charge in [0.25, 0.3) is 0 Å². The van der Waals surface area contributed by atoms with E-state index in [1.807, 2.05) is 12.1 Å². The second-order valence-corrected chi connectivity index (χ2v) is 8.92. The number of aromatic nitrogens is 4. The molecule has 2 aromatic heterocycles. The molecule has 0 saturated heterocycles. The van der Waals surface area contributed by atoms with Gasteiger partial charge in [-0.05, 0) is 22.6 Å². The van der Waals surface area contributed by atoms with E-state index in [1.165, 1.54) is 11.1 Å². The van der Waals surface area contributed by atoms with Gasteiger partial charge in [-0.3, -0.25) is 0 Å². The SMILES string of the molecule is CC(C)C1=C(B(Oc2ccn[nH]2)Oc2ccn[nH]2)N=NC1(Cc1ccccc1)Cc1ccccc1. The minimum absolute atomic E-state index is 0.144. The van der Waals surface area contributed by atoms with Crippen LogP contribution >= 0.6 is 0 Å². The number of aromatic amines is 2. The van der Waals surface area contributed by atoms with Crippen LogP contribution in [0.25, 0.3) is 0 Å². The van der Waals surface area contributed by atoms with Crippen LogP contribution in [0.3, 0.4) is 0 Å². The van der Waals surface area contributed by atoms with E-state index in [0.717, 1.165) is 5.57 Å². The van der Waals surface area contributed by atoms with Crippen LogP contribution in [0.5, 0.6) is 11.8 Å². The Morgan fingerprint density at radius 1 is 0.771 bits per heavy atom. The van der Waals surface area contributed by atoms with Crippen molar-refractivity contribution in [3.8, 4) is 11.8 Å². The number of hydrogen-bond acceptors (Lipinski definition) is 6. The lowest BCUT2D eigenvalue weighted by Gasteiger charge is -2.31. The molecule has 0 aliphatic carbocycles. The Morgan fingerprint density at radius 3 is 1.71 bits per heavy atom. The fourth-order valence-electron chi connectivity index (χ4n) is 4.68. The molecule has 5 rings (SSSR count). The molecule has 1 aliphatic rings. The van der Waals surface area contributed by atoms with Crippen molar-refractivity contribution in [2.75, 3.05) is 0 Å². The van der Waals surface area contributed by atoms with Gasteiger partial charge < -0.3 is 9.31 Å². The lowest BCUT2D eigenvalue weighted by molar-refractivity contribution is 0.410. The van der Waals surface area contributed by atoms with Crippen molar-refractivity contribution >= 4 is 7.12 Å². The van der Waals surface area contributed by atoms with Gasteiger partial charge in [-0.15, -0.1) is 0 Å². The standard InChI is InChI=1S/C26H27BN6O2/c1-19(2)24-25(27(34-22-13-15-28-30-22)35-23-14-16-29-31-23)32-33-26(24,17-20-9-5-3-6-10-20)18-21-11-7-4-8-12-21/h3-16,19H,17-18H2,1-2H3,(H,28,30)(H,29,31). The summed E-state index contributed by atoms with van der Waals surface area (Å²) in [5.74, 6) is 1.10. The van der Waals surface area contributed by atoms with Crippen LogP contribution in [0.15, 0.2) is 107 Å². The van der Waals surface area contributed by atoms with E-state index in [9.17, 15) is 0 Å². The third-order valence-electron chi connectivity index (χ3n) is 6.02. The third-order valence-corrected chi connectivity index (χ3v) is 6.02. The van der Waals surface area contributed by atoms with E-state index in [2.05, 4.69) is 82.8 Å². The van der Waals surface area contributed by atoms with Gasteiger partial charge in [-0.25, -0.2) is 10.2 Å². The molecule has 2 N–H and O–H groups in total. The summed E-state index contributed by atoms with van der Waals surface area (Å²) in [5, 5.41) is 23.4. The molecule has 0 fully saturated rings. The van der Waals surface area contributed by atoms with Crippen LogP contribution < -0.4 is 9.31 Å². The molecular formula is C26H27BN6O2. The van der Waals surface area contributed by atoms with Crippen LogP contribution in [0, 0.1) is 5.92 Å². The second-order valence-electron chi connectivity index (χ2n) is 8.92. The number of benzene rings is 2. The smallest absolute Gasteiger partial charge is 0.507 e. The Hall–Kier alpha value is -4.14. The number of H-pyrrole nitrogens is 2. The highest BCUT2D eigenvalue weighted by atomic mass is 16.6. The van der Waals surface area contributed by atoms with Gasteiger partial charge >= 0.3 is 7.12 Å². The Balaban J connectivity index is 1.60. The van der Waals surface area contributed by atoms with E-state index in [0.29, 0.717) is 30.2 Å². The van der Waals surface area contributed by atoms with Gasteiger partial charge in [-0.2, -0.15) is 20.4 Å². The normalized spacial score (nSPS) is 14.5. The minimum Gasteiger partial charge on any atom is -0.507 e. The summed E-state index contributed by atoms with van der Waals surface area (Å²) in [7, 11) is -0.842. The quantitative estimate of drug-likeness (QED) is 0.313. The van der Waals surface area contributed by atoms with E-state index >= 15 is 0 Å². The molecule has 0 amide bonds. The minimum atomic E-state index is -0.842. The first-order chi connectivity index (χ1) is 17.1. The largest absolute Gasteiger partial charge is 0.656 e. The lowest BCUT2D eigenvalue weighted by Crippen LogP contribution is -2.39. The summed E-state index contributed by atoms with van der Waals surface area (Å²) in [6.45, 7) is 4.33. The molecule has 0 spiro atoms. The predicted octanol–water partition coefficient (Wildman–Crippen LogP) is 5.22. The van der Waals surface area contributed by atoms with Gasteiger partial charge in [0.2, 0.25) is 0 Å². The molecule has 0 radical (unpaired) electrons. The Kier molecular flexibility index (Phi) is 6.48. The van der Waals surface area contributed by atoms with Crippen LogP contribution in [0.2, 0.25) is 0 Å². The highest BCUT2D eigenvalue weighted by Gasteiger charge is 2.48. The van der Waals surface area contributed by atoms with Crippen molar-refractivity contribution in [3.05, 3.63) is 107 Å². The number of nitrogens with one attached hydrogen (secondary N) is 2. The predicted molar refractivity (Wildman–Crippen MR) is 134 cm³/mol. The van der Waals surface area contributed by atoms with Crippen LogP contribution in [-0.4, -0.2) is 33.1 Å². The zero-order valence-corrected chi connectivity index (χ0v) is 19.8. The average molecular weight is 466 g/mol. The monoisotopic (exact) mass is 466 g/mol. The van der Waals surface area contributed by atoms with Crippen LogP contribution in [0.4, 0.5) is 0 Å². The van der Waals surface area contributed by atoms with Gasteiger partial charge in [0.15, 0.2) is 11.8 Å². The highest BCUT2D eigenvalue weighted by molar-refractivity contribution is 6.55. The van der Waals surface area contributed by atoms with E-state index in [4.69, 9.17) is 19.5 Å². The van der Waals surface area contributed by atoms with Crippen molar-refractivity contribution < 1.29 is 9.31 Å². The molecule has 0 bridgehead atoms. The van der Waals surface area contributed by atoms with E-state index in [-0.39, 0.29) is 5.92 Å². The summed E-state index contributed by atoms with van der Waals surface area (Å²) in [5.41, 5.74) is 3.58. The van der Waals surface area contributed by atoms with Gasteiger partial charge in [0, 0.05) is 25.0 Å². The van der Waals surface area contributed by atoms with Crippen molar-refractivity contribution in [2.24, 2.45) is 16.1 Å². The van der Waals surface area contributed by atoms with Crippen LogP contribution in [-0.2, 0) is 12.8 Å². The van der Waals surface area contributed by atoms with Crippen molar-refractivity contribution in [2.45, 2.75) is 32.2 Å². The number of azo groups is 1. The molecule has 3 heterocycles. The zero-order chi connectivity index (χ0) is 24.1. The molecule has 176 valence electrons. The molecule has 2 aromatic carbocycles. The Morgan fingerprint density at radius 2 is 1.29 bits per heavy atom. The maximum absolute atomic E-state index is 6.19. The first kappa shape index (κ1) is 22.6. The molecule has 1 aliphatic heterocycles. The number of hydrogen-bond donors (Lipinski definition) is 2. The lowest BCUT2D eigenvalue weighted by atomic mass is 9.69. The van der Waals surface area contributed by atoms with Gasteiger partial charge in [0.1, 0.15) is 11.1 Å². The second kappa shape index (κ2) is 10.0. The van der Waals surface area contributed by atoms with E-state index < -0.39 is 12.7 Å². The van der Waals surface area contributed by atoms with Crippen molar-refractivity contribution in [1.82, 2.24) is 20.4 Å². The first-order valence-corrected chi connectivity index (χ1v) is 11.7. The van der Waals surface area contributed by atoms with Gasteiger partial charge in [-0.1, -0.05) is 74.5 Å². The fourth-order valence-corrected chi connectivity index (χ4v) is 4.68. The first-order valence-electron chi connectivity index (χ1n) is 11.7. The summed E-state index contributed by atoms with van der Waals surface area (Å²) in [6.07, 6.45) is 4.69. The van der Waals surface area contributed by atoms with Crippen molar-refractivity contribution in [3.63, 3.8) is 0 Å². The summed E-state index contributed by atoms with van der Waals surface area (Å²) >= 11 is 0. The molecule has 0 unspecified atom stereocenters. The maximum atomic E-state index is 6.19. The van der Waals surface area contributed by atoms with Gasteiger partial charge in [0.05, 0.1) is 12.4 Å². The molecule has 35 heavy (non-hydrogen) atoms.